The zero-order valence-corrected chi connectivity index (χ0v) is 9.74. The smallest absolute Gasteiger partial charge is 0.231 e. The van der Waals surface area contributed by atoms with Crippen molar-refractivity contribution in [3.05, 3.63) is 47.5 Å². The molecule has 1 aliphatic rings. The highest BCUT2D eigenvalue weighted by Gasteiger charge is 2.19. The standard InChI is InChI=1S/C15H8F2O2/c1-2-9-5-14-15(19-8-18-14)7-12(9)11-4-3-10(16)6-13(11)17/h1,3-7H,8H2. The first kappa shape index (κ1) is 11.5. The molecule has 0 fully saturated rings. The molecule has 0 bridgehead atoms. The van der Waals surface area contributed by atoms with E-state index in [9.17, 15) is 8.78 Å². The molecule has 0 saturated carbocycles. The highest BCUT2D eigenvalue weighted by molar-refractivity contribution is 5.75. The maximum absolute atomic E-state index is 13.8. The highest BCUT2D eigenvalue weighted by atomic mass is 19.1. The van der Waals surface area contributed by atoms with Gasteiger partial charge in [-0.1, -0.05) is 5.92 Å². The van der Waals surface area contributed by atoms with Crippen molar-refractivity contribution in [1.82, 2.24) is 0 Å². The minimum Gasteiger partial charge on any atom is -0.454 e. The second kappa shape index (κ2) is 4.29. The summed E-state index contributed by atoms with van der Waals surface area (Å²) in [5.74, 6) is 2.19. The van der Waals surface area contributed by atoms with Gasteiger partial charge < -0.3 is 9.47 Å². The third kappa shape index (κ3) is 1.89. The van der Waals surface area contributed by atoms with Crippen molar-refractivity contribution in [1.29, 1.82) is 0 Å². The maximum Gasteiger partial charge on any atom is 0.231 e. The Balaban J connectivity index is 2.22. The zero-order valence-electron chi connectivity index (χ0n) is 9.74. The molecule has 1 heterocycles. The summed E-state index contributed by atoms with van der Waals surface area (Å²) < 4.78 is 37.2. The molecule has 3 rings (SSSR count). The van der Waals surface area contributed by atoms with Crippen LogP contribution in [0.15, 0.2) is 30.3 Å². The molecule has 0 atom stereocenters. The van der Waals surface area contributed by atoms with Gasteiger partial charge in [-0.05, 0) is 18.2 Å². The minimum atomic E-state index is -0.671. The quantitative estimate of drug-likeness (QED) is 0.730. The fraction of sp³-hybridized carbons (Fsp3) is 0.0667. The normalized spacial score (nSPS) is 12.3. The molecule has 2 aromatic carbocycles. The van der Waals surface area contributed by atoms with Crippen LogP contribution in [0, 0.1) is 24.0 Å². The van der Waals surface area contributed by atoms with Gasteiger partial charge in [0.25, 0.3) is 0 Å². The number of benzene rings is 2. The van der Waals surface area contributed by atoms with E-state index in [1.165, 1.54) is 12.1 Å². The van der Waals surface area contributed by atoms with Crippen molar-refractivity contribution >= 4 is 0 Å². The summed E-state index contributed by atoms with van der Waals surface area (Å²) >= 11 is 0. The highest BCUT2D eigenvalue weighted by Crippen LogP contribution is 2.39. The average molecular weight is 258 g/mol. The van der Waals surface area contributed by atoms with Crippen LogP contribution in [0.3, 0.4) is 0 Å². The lowest BCUT2D eigenvalue weighted by Gasteiger charge is -2.08. The number of hydrogen-bond acceptors (Lipinski definition) is 2. The van der Waals surface area contributed by atoms with Crippen LogP contribution in [0.4, 0.5) is 8.78 Å². The van der Waals surface area contributed by atoms with Crippen molar-refractivity contribution in [2.45, 2.75) is 0 Å². The molecule has 0 unspecified atom stereocenters. The summed E-state index contributed by atoms with van der Waals surface area (Å²) in [6.45, 7) is 0.106. The molecule has 0 aromatic heterocycles. The van der Waals surface area contributed by atoms with E-state index in [2.05, 4.69) is 5.92 Å². The molecule has 0 N–H and O–H groups in total. The molecule has 4 heteroatoms. The van der Waals surface area contributed by atoms with E-state index in [-0.39, 0.29) is 12.4 Å². The number of hydrogen-bond donors (Lipinski definition) is 0. The SMILES string of the molecule is C#Cc1cc2c(cc1-c1ccc(F)cc1F)OCO2. The lowest BCUT2D eigenvalue weighted by atomic mass is 9.98. The van der Waals surface area contributed by atoms with Gasteiger partial charge in [-0.3, -0.25) is 0 Å². The molecule has 19 heavy (non-hydrogen) atoms. The van der Waals surface area contributed by atoms with Crippen molar-refractivity contribution in [3.8, 4) is 35.0 Å². The van der Waals surface area contributed by atoms with E-state index in [0.29, 0.717) is 22.6 Å². The summed E-state index contributed by atoms with van der Waals surface area (Å²) in [4.78, 5) is 0. The Morgan fingerprint density at radius 1 is 1.00 bits per heavy atom. The van der Waals surface area contributed by atoms with Crippen LogP contribution in [0.2, 0.25) is 0 Å². The van der Waals surface area contributed by atoms with Crippen LogP contribution < -0.4 is 9.47 Å². The Morgan fingerprint density at radius 3 is 2.42 bits per heavy atom. The van der Waals surface area contributed by atoms with Crippen LogP contribution in [0.25, 0.3) is 11.1 Å². The van der Waals surface area contributed by atoms with Gasteiger partial charge in [0.15, 0.2) is 11.5 Å². The van der Waals surface area contributed by atoms with Gasteiger partial charge in [0.1, 0.15) is 11.6 Å². The first-order valence-electron chi connectivity index (χ1n) is 5.54. The van der Waals surface area contributed by atoms with Gasteiger partial charge in [0, 0.05) is 28.8 Å². The van der Waals surface area contributed by atoms with E-state index in [1.807, 2.05) is 0 Å². The van der Waals surface area contributed by atoms with Crippen molar-refractivity contribution < 1.29 is 18.3 Å². The fourth-order valence-electron chi connectivity index (χ4n) is 1.99. The maximum atomic E-state index is 13.8. The summed E-state index contributed by atoms with van der Waals surface area (Å²) in [5.41, 5.74) is 1.17. The Labute approximate surface area is 108 Å². The van der Waals surface area contributed by atoms with Gasteiger partial charge >= 0.3 is 0 Å². The lowest BCUT2D eigenvalue weighted by Crippen LogP contribution is -1.92. The van der Waals surface area contributed by atoms with Crippen LogP contribution in [-0.2, 0) is 0 Å². The largest absolute Gasteiger partial charge is 0.454 e. The lowest BCUT2D eigenvalue weighted by molar-refractivity contribution is 0.174. The average Bonchev–Trinajstić information content (AvgIpc) is 2.84. The molecule has 1 aliphatic heterocycles. The Kier molecular flexibility index (Phi) is 2.60. The van der Waals surface area contributed by atoms with Crippen LogP contribution in [-0.4, -0.2) is 6.79 Å². The van der Waals surface area contributed by atoms with Gasteiger partial charge in [-0.25, -0.2) is 8.78 Å². The molecule has 2 aromatic rings. The first-order chi connectivity index (χ1) is 9.19. The third-order valence-electron chi connectivity index (χ3n) is 2.89. The molecule has 0 spiro atoms. The Morgan fingerprint density at radius 2 is 1.74 bits per heavy atom. The number of terminal acetylenes is 1. The van der Waals surface area contributed by atoms with Gasteiger partial charge in [0.05, 0.1) is 0 Å². The summed E-state index contributed by atoms with van der Waals surface area (Å²) in [5, 5.41) is 0. The summed E-state index contributed by atoms with van der Waals surface area (Å²) in [7, 11) is 0. The van der Waals surface area contributed by atoms with E-state index < -0.39 is 11.6 Å². The van der Waals surface area contributed by atoms with E-state index in [0.717, 1.165) is 6.07 Å². The predicted molar refractivity (Wildman–Crippen MR) is 65.9 cm³/mol. The molecular weight excluding hydrogens is 250 g/mol. The molecule has 0 radical (unpaired) electrons. The molecule has 0 aliphatic carbocycles. The number of fused-ring (bicyclic) bond motifs is 1. The van der Waals surface area contributed by atoms with Crippen molar-refractivity contribution in [3.63, 3.8) is 0 Å². The van der Waals surface area contributed by atoms with Crippen LogP contribution in [0.1, 0.15) is 5.56 Å². The van der Waals surface area contributed by atoms with Crippen LogP contribution in [0.5, 0.6) is 11.5 Å². The second-order valence-electron chi connectivity index (χ2n) is 4.02. The molecule has 2 nitrogen and oxygen atoms in total. The summed E-state index contributed by atoms with van der Waals surface area (Å²) in [6.07, 6.45) is 5.42. The molecule has 94 valence electrons. The number of ether oxygens (including phenoxy) is 2. The number of rotatable bonds is 1. The van der Waals surface area contributed by atoms with Crippen molar-refractivity contribution in [2.75, 3.05) is 6.79 Å². The Bertz CT molecular complexity index is 702. The monoisotopic (exact) mass is 258 g/mol. The van der Waals surface area contributed by atoms with Crippen molar-refractivity contribution in [2.24, 2.45) is 0 Å². The third-order valence-corrected chi connectivity index (χ3v) is 2.89. The van der Waals surface area contributed by atoms with Gasteiger partial charge in [-0.15, -0.1) is 6.42 Å². The van der Waals surface area contributed by atoms with E-state index >= 15 is 0 Å². The first-order valence-corrected chi connectivity index (χ1v) is 5.54. The van der Waals surface area contributed by atoms with Gasteiger partial charge in [-0.2, -0.15) is 0 Å². The number of halogens is 2. The minimum absolute atomic E-state index is 0.106. The zero-order chi connectivity index (χ0) is 13.4. The van der Waals surface area contributed by atoms with E-state index in [1.54, 1.807) is 12.1 Å². The fourth-order valence-corrected chi connectivity index (χ4v) is 1.99. The topological polar surface area (TPSA) is 18.5 Å². The van der Waals surface area contributed by atoms with Gasteiger partial charge in [0.2, 0.25) is 6.79 Å². The molecule has 0 saturated heterocycles. The summed E-state index contributed by atoms with van der Waals surface area (Å²) in [6, 6.07) is 6.57. The van der Waals surface area contributed by atoms with Crippen LogP contribution >= 0.6 is 0 Å². The predicted octanol–water partition coefficient (Wildman–Crippen LogP) is 3.34. The molecule has 0 amide bonds. The van der Waals surface area contributed by atoms with E-state index in [4.69, 9.17) is 15.9 Å². The molecular formula is C15H8F2O2. The Hall–Kier alpha value is -2.54. The second-order valence-corrected chi connectivity index (χ2v) is 4.02.